The van der Waals surface area contributed by atoms with E-state index in [1.54, 1.807) is 4.90 Å². The maximum Gasteiger partial charge on any atom is 0.416 e. The van der Waals surface area contributed by atoms with Crippen LogP contribution >= 0.6 is 0 Å². The summed E-state index contributed by atoms with van der Waals surface area (Å²) in [5, 5.41) is 0. The number of rotatable bonds is 6. The monoisotopic (exact) mass is 419 g/mol. The van der Waals surface area contributed by atoms with Crippen molar-refractivity contribution in [1.82, 2.24) is 4.90 Å². The number of hydrogen-bond donors (Lipinski definition) is 0. The molecule has 0 N–H and O–H groups in total. The van der Waals surface area contributed by atoms with Gasteiger partial charge in [0.15, 0.2) is 0 Å². The summed E-state index contributed by atoms with van der Waals surface area (Å²) >= 11 is 0. The van der Waals surface area contributed by atoms with Crippen LogP contribution < -0.4 is 9.80 Å². The lowest BCUT2D eigenvalue weighted by molar-refractivity contribution is -0.142. The van der Waals surface area contributed by atoms with Crippen molar-refractivity contribution in [3.8, 4) is 0 Å². The van der Waals surface area contributed by atoms with Gasteiger partial charge in [0.2, 0.25) is 0 Å². The van der Waals surface area contributed by atoms with Crippen molar-refractivity contribution in [2.75, 3.05) is 36.0 Å². The van der Waals surface area contributed by atoms with Gasteiger partial charge in [-0.15, -0.1) is 0 Å². The largest absolute Gasteiger partial charge is 0.462 e. The lowest BCUT2D eigenvalue weighted by Gasteiger charge is -2.37. The zero-order chi connectivity index (χ0) is 21.3. The van der Waals surface area contributed by atoms with Crippen molar-refractivity contribution >= 4 is 23.9 Å². The number of anilines is 2. The minimum atomic E-state index is -4.45. The second-order valence-corrected chi connectivity index (χ2v) is 7.35. The van der Waals surface area contributed by atoms with Gasteiger partial charge in [0.1, 0.15) is 6.10 Å². The molecule has 2 aromatic rings. The molecular formula is C21H20F3N3O3. The van der Waals surface area contributed by atoms with Crippen LogP contribution in [0.25, 0.3) is 0 Å². The molecular weight excluding hydrogens is 399 g/mol. The van der Waals surface area contributed by atoms with Crippen LogP contribution in [0.2, 0.25) is 0 Å². The predicted octanol–water partition coefficient (Wildman–Crippen LogP) is 3.51. The number of amides is 2. The van der Waals surface area contributed by atoms with Crippen molar-refractivity contribution in [3.63, 3.8) is 0 Å². The highest BCUT2D eigenvalue weighted by molar-refractivity contribution is 6.06. The molecule has 0 aromatic heterocycles. The maximum absolute atomic E-state index is 13.0. The zero-order valence-electron chi connectivity index (χ0n) is 16.0. The van der Waals surface area contributed by atoms with Gasteiger partial charge in [0, 0.05) is 44.1 Å². The number of carbonyl (C=O) groups excluding carboxylic acids is 2. The average Bonchev–Trinajstić information content (AvgIpc) is 3.08. The molecule has 0 unspecified atom stereocenters. The first-order valence-electron chi connectivity index (χ1n) is 9.52. The fourth-order valence-electron chi connectivity index (χ4n) is 3.72. The van der Waals surface area contributed by atoms with E-state index in [0.29, 0.717) is 44.9 Å². The van der Waals surface area contributed by atoms with Crippen LogP contribution in [0.15, 0.2) is 48.5 Å². The molecule has 0 radical (unpaired) electrons. The molecule has 0 aliphatic carbocycles. The van der Waals surface area contributed by atoms with Crippen LogP contribution in [-0.4, -0.2) is 49.7 Å². The molecule has 2 aromatic carbocycles. The molecule has 158 valence electrons. The van der Waals surface area contributed by atoms with Crippen LogP contribution in [0.4, 0.5) is 29.3 Å². The molecule has 2 fully saturated rings. The Balaban J connectivity index is 1.40. The summed E-state index contributed by atoms with van der Waals surface area (Å²) in [6.45, 7) is 3.27. The quantitative estimate of drug-likeness (QED) is 0.673. The molecule has 4 rings (SSSR count). The van der Waals surface area contributed by atoms with Crippen LogP contribution in [0.5, 0.6) is 0 Å². The molecule has 0 spiro atoms. The summed E-state index contributed by atoms with van der Waals surface area (Å²) in [6, 6.07) is 12.0. The number of halogens is 3. The highest BCUT2D eigenvalue weighted by Gasteiger charge is 2.34. The van der Waals surface area contributed by atoms with E-state index in [1.807, 2.05) is 24.3 Å². The molecule has 0 saturated carbocycles. The van der Waals surface area contributed by atoms with Gasteiger partial charge in [-0.05, 0) is 35.9 Å². The normalized spacial score (nSPS) is 17.9. The van der Waals surface area contributed by atoms with Crippen LogP contribution in [-0.2, 0) is 22.3 Å². The van der Waals surface area contributed by atoms with Crippen LogP contribution in [0, 0.1) is 0 Å². The SMILES string of the molecule is O=COC1CN(Cc2ccc(N3CCN(c4cccc(C(F)(F)F)c4)C3=O)cc2)C1. The van der Waals surface area contributed by atoms with Gasteiger partial charge in [-0.2, -0.15) is 13.2 Å². The van der Waals surface area contributed by atoms with E-state index in [1.165, 1.54) is 17.0 Å². The Bertz CT molecular complexity index is 927. The van der Waals surface area contributed by atoms with E-state index >= 15 is 0 Å². The molecule has 0 atom stereocenters. The topological polar surface area (TPSA) is 53.1 Å². The summed E-state index contributed by atoms with van der Waals surface area (Å²) < 4.78 is 43.8. The summed E-state index contributed by atoms with van der Waals surface area (Å²) in [7, 11) is 0. The molecule has 6 nitrogen and oxygen atoms in total. The third kappa shape index (κ3) is 4.11. The summed E-state index contributed by atoms with van der Waals surface area (Å²) in [5.41, 5.74) is 1.22. The highest BCUT2D eigenvalue weighted by Crippen LogP contribution is 2.33. The number of ether oxygens (including phenoxy) is 1. The summed E-state index contributed by atoms with van der Waals surface area (Å²) in [5.74, 6) is 0. The van der Waals surface area contributed by atoms with Gasteiger partial charge < -0.3 is 4.74 Å². The lowest BCUT2D eigenvalue weighted by atomic mass is 10.1. The van der Waals surface area contributed by atoms with E-state index in [0.717, 1.165) is 17.7 Å². The van der Waals surface area contributed by atoms with Crippen molar-refractivity contribution in [3.05, 3.63) is 59.7 Å². The molecule has 2 aliphatic heterocycles. The van der Waals surface area contributed by atoms with Crippen LogP contribution in [0.3, 0.4) is 0 Å². The van der Waals surface area contributed by atoms with Gasteiger partial charge in [0.05, 0.1) is 5.56 Å². The standard InChI is InChI=1S/C21H20F3N3O3/c22-21(23,24)16-2-1-3-18(10-16)27-9-8-26(20(27)29)17-6-4-15(5-7-17)11-25-12-19(13-25)30-14-28/h1-7,10,14,19H,8-9,11-13H2. The molecule has 9 heteroatoms. The third-order valence-corrected chi connectivity index (χ3v) is 5.32. The van der Waals surface area contributed by atoms with Gasteiger partial charge in [0.25, 0.3) is 6.47 Å². The van der Waals surface area contributed by atoms with E-state index in [9.17, 15) is 22.8 Å². The lowest BCUT2D eigenvalue weighted by Crippen LogP contribution is -2.51. The summed E-state index contributed by atoms with van der Waals surface area (Å²) in [4.78, 5) is 28.2. The Morgan fingerprint density at radius 3 is 2.30 bits per heavy atom. The first-order valence-corrected chi connectivity index (χ1v) is 9.52. The van der Waals surface area contributed by atoms with Crippen molar-refractivity contribution in [2.24, 2.45) is 0 Å². The van der Waals surface area contributed by atoms with Crippen molar-refractivity contribution in [2.45, 2.75) is 18.8 Å². The Hall–Kier alpha value is -3.07. The van der Waals surface area contributed by atoms with Gasteiger partial charge in [-0.25, -0.2) is 4.79 Å². The number of hydrogen-bond acceptors (Lipinski definition) is 4. The minimum absolute atomic E-state index is 0.0502. The van der Waals surface area contributed by atoms with Crippen molar-refractivity contribution < 1.29 is 27.5 Å². The van der Waals surface area contributed by atoms with Crippen molar-refractivity contribution in [1.29, 1.82) is 0 Å². The van der Waals surface area contributed by atoms with Gasteiger partial charge in [-0.1, -0.05) is 18.2 Å². The summed E-state index contributed by atoms with van der Waals surface area (Å²) in [6.07, 6.45) is -4.50. The molecule has 2 aliphatic rings. The Morgan fingerprint density at radius 2 is 1.67 bits per heavy atom. The van der Waals surface area contributed by atoms with Crippen LogP contribution in [0.1, 0.15) is 11.1 Å². The number of alkyl halides is 3. The average molecular weight is 419 g/mol. The molecule has 2 saturated heterocycles. The molecule has 2 amide bonds. The van der Waals surface area contributed by atoms with Gasteiger partial charge >= 0.3 is 12.2 Å². The maximum atomic E-state index is 13.0. The fraction of sp³-hybridized carbons (Fsp3) is 0.333. The second kappa shape index (κ2) is 7.98. The number of carbonyl (C=O) groups is 2. The number of urea groups is 1. The number of likely N-dealkylation sites (tertiary alicyclic amines) is 1. The first-order chi connectivity index (χ1) is 14.3. The molecule has 30 heavy (non-hydrogen) atoms. The van der Waals surface area contributed by atoms with E-state index < -0.39 is 11.7 Å². The van der Waals surface area contributed by atoms with Gasteiger partial charge in [-0.3, -0.25) is 19.5 Å². The fourth-order valence-corrected chi connectivity index (χ4v) is 3.72. The number of nitrogens with zero attached hydrogens (tertiary/aromatic N) is 3. The predicted molar refractivity (Wildman–Crippen MR) is 104 cm³/mol. The Labute approximate surface area is 171 Å². The first kappa shape index (κ1) is 20.2. The zero-order valence-corrected chi connectivity index (χ0v) is 16.0. The Kier molecular flexibility index (Phi) is 5.38. The number of benzene rings is 2. The van der Waals surface area contributed by atoms with E-state index in [-0.39, 0.29) is 17.8 Å². The smallest absolute Gasteiger partial charge is 0.416 e. The molecule has 2 heterocycles. The molecule has 0 bridgehead atoms. The van der Waals surface area contributed by atoms with E-state index in [4.69, 9.17) is 4.74 Å². The van der Waals surface area contributed by atoms with E-state index in [2.05, 4.69) is 4.90 Å². The second-order valence-electron chi connectivity index (χ2n) is 7.35. The Morgan fingerprint density at radius 1 is 1.00 bits per heavy atom. The minimum Gasteiger partial charge on any atom is -0.462 e. The third-order valence-electron chi connectivity index (χ3n) is 5.32. The highest BCUT2D eigenvalue weighted by atomic mass is 19.4.